The quantitative estimate of drug-likeness (QED) is 0.0888. The van der Waals surface area contributed by atoms with Gasteiger partial charge < -0.3 is 45.8 Å². The summed E-state index contributed by atoms with van der Waals surface area (Å²) in [6.07, 6.45) is 3.63. The summed E-state index contributed by atoms with van der Waals surface area (Å²) in [5, 5.41) is 6.74. The van der Waals surface area contributed by atoms with Crippen LogP contribution < -0.4 is 10.5 Å². The van der Waals surface area contributed by atoms with Crippen LogP contribution in [0, 0.1) is 16.2 Å². The largest absolute Gasteiger partial charge is 0.465 e. The average molecular weight is 677 g/mol. The van der Waals surface area contributed by atoms with Gasteiger partial charge in [0.05, 0.1) is 17.4 Å². The number of carbonyl (C=O) groups excluding carboxylic acids is 2. The van der Waals surface area contributed by atoms with E-state index in [4.69, 9.17) is 34.8 Å². The highest BCUT2D eigenvalue weighted by Gasteiger charge is 2.30. The normalized spacial score (nSPS) is 14.0. The molecule has 11 nitrogen and oxygen atoms in total. The van der Waals surface area contributed by atoms with E-state index in [9.17, 15) is 9.59 Å². The van der Waals surface area contributed by atoms with Gasteiger partial charge in [0.1, 0.15) is 25.1 Å². The summed E-state index contributed by atoms with van der Waals surface area (Å²) in [6, 6.07) is 8.28. The van der Waals surface area contributed by atoms with E-state index in [1.165, 1.54) is 5.56 Å². The molecule has 11 heteroatoms. The van der Waals surface area contributed by atoms with E-state index in [0.29, 0.717) is 32.3 Å². The monoisotopic (exact) mass is 677 g/mol. The van der Waals surface area contributed by atoms with Crippen LogP contribution >= 0.6 is 0 Å². The minimum absolute atomic E-state index is 0. The van der Waals surface area contributed by atoms with Gasteiger partial charge in [-0.2, -0.15) is 0 Å². The molecule has 0 aliphatic carbocycles. The first-order chi connectivity index (χ1) is 20.5. The predicted octanol–water partition coefficient (Wildman–Crippen LogP) is 6.67. The standard InChI is InChI=1S/C14H22O2.C9H16O3.C8H17NO2.C4H9N.CH4.2H2O/c1-5-11(3)13-7-9-14(10-8-13)16-12(4)15-6-2;1-4-9(2,3)8(10)12-6-7-5-11-7;1-4-8(2,3)7(10)11-6-5-9;1-3-4(2)5;;;/h7-12H,5-6H2,1-4H3;7H,4-6H2,1-3H3;4-6,9H2,1-3H3;5H,3H2,1-2H3;1H4;2*1H2. The molecule has 0 radical (unpaired) electrons. The van der Waals surface area contributed by atoms with Gasteiger partial charge in [0, 0.05) is 18.9 Å². The van der Waals surface area contributed by atoms with E-state index in [2.05, 4.69) is 26.0 Å². The third-order valence-corrected chi connectivity index (χ3v) is 7.32. The van der Waals surface area contributed by atoms with Gasteiger partial charge in [-0.05, 0) is 97.8 Å². The van der Waals surface area contributed by atoms with Crippen molar-refractivity contribution < 1.29 is 44.2 Å². The van der Waals surface area contributed by atoms with Crippen molar-refractivity contribution in [2.45, 2.75) is 135 Å². The first kappa shape index (κ1) is 53.9. The fraction of sp³-hybridized carbons (Fsp3) is 0.750. The maximum Gasteiger partial charge on any atom is 0.311 e. The molecule has 47 heavy (non-hydrogen) atoms. The number of epoxide rings is 1. The zero-order chi connectivity index (χ0) is 34.3. The molecule has 0 bridgehead atoms. The molecule has 0 amide bonds. The Hall–Kier alpha value is -2.57. The number of rotatable bonds is 15. The van der Waals surface area contributed by atoms with E-state index in [0.717, 1.165) is 43.8 Å². The minimum Gasteiger partial charge on any atom is -0.465 e. The van der Waals surface area contributed by atoms with Crippen molar-refractivity contribution in [1.29, 1.82) is 5.41 Å². The number of nitrogens with one attached hydrogen (secondary N) is 1. The fourth-order valence-electron chi connectivity index (χ4n) is 2.73. The molecule has 2 rings (SSSR count). The lowest BCUT2D eigenvalue weighted by molar-refractivity contribution is -0.155. The van der Waals surface area contributed by atoms with E-state index >= 15 is 0 Å². The Morgan fingerprint density at radius 2 is 1.38 bits per heavy atom. The smallest absolute Gasteiger partial charge is 0.311 e. The zero-order valence-electron chi connectivity index (χ0n) is 30.8. The van der Waals surface area contributed by atoms with Crippen LogP contribution in [0.3, 0.4) is 0 Å². The van der Waals surface area contributed by atoms with Gasteiger partial charge in [0.25, 0.3) is 0 Å². The first-order valence-electron chi connectivity index (χ1n) is 16.1. The molecule has 3 atom stereocenters. The summed E-state index contributed by atoms with van der Waals surface area (Å²) in [4.78, 5) is 22.5. The second kappa shape index (κ2) is 29.6. The molecule has 1 heterocycles. The number of hydrogen-bond acceptors (Lipinski definition) is 9. The van der Waals surface area contributed by atoms with Crippen LogP contribution in [0.2, 0.25) is 0 Å². The lowest BCUT2D eigenvalue weighted by Gasteiger charge is -2.19. The molecular weight excluding hydrogens is 604 g/mol. The Morgan fingerprint density at radius 1 is 0.936 bits per heavy atom. The molecule has 1 aliphatic heterocycles. The van der Waals surface area contributed by atoms with Crippen molar-refractivity contribution in [2.24, 2.45) is 16.6 Å². The molecule has 0 spiro atoms. The van der Waals surface area contributed by atoms with E-state index < -0.39 is 0 Å². The topological polar surface area (TPSA) is 196 Å². The molecule has 1 fully saturated rings. The van der Waals surface area contributed by atoms with Crippen molar-refractivity contribution in [2.75, 3.05) is 33.0 Å². The molecule has 0 saturated carbocycles. The van der Waals surface area contributed by atoms with Crippen LogP contribution in [-0.4, -0.2) is 74.0 Å². The number of benzene rings is 1. The van der Waals surface area contributed by atoms with Gasteiger partial charge >= 0.3 is 11.9 Å². The van der Waals surface area contributed by atoms with Gasteiger partial charge in [0.15, 0.2) is 6.29 Å². The molecule has 1 saturated heterocycles. The maximum atomic E-state index is 11.4. The second-order valence-corrected chi connectivity index (χ2v) is 12.1. The van der Waals surface area contributed by atoms with Crippen molar-refractivity contribution in [3.05, 3.63) is 29.8 Å². The van der Waals surface area contributed by atoms with Crippen molar-refractivity contribution in [3.8, 4) is 5.75 Å². The van der Waals surface area contributed by atoms with Crippen molar-refractivity contribution in [3.63, 3.8) is 0 Å². The van der Waals surface area contributed by atoms with Gasteiger partial charge in [0.2, 0.25) is 0 Å². The van der Waals surface area contributed by atoms with Crippen LogP contribution in [-0.2, 0) is 28.5 Å². The summed E-state index contributed by atoms with van der Waals surface area (Å²) in [5.41, 5.74) is 6.58. The lowest BCUT2D eigenvalue weighted by Crippen LogP contribution is -2.27. The second-order valence-electron chi connectivity index (χ2n) is 12.1. The van der Waals surface area contributed by atoms with Gasteiger partial charge in [-0.3, -0.25) is 9.59 Å². The predicted molar refractivity (Wildman–Crippen MR) is 193 cm³/mol. The summed E-state index contributed by atoms with van der Waals surface area (Å²) < 4.78 is 25.8. The molecule has 1 aliphatic rings. The van der Waals surface area contributed by atoms with Gasteiger partial charge in [-0.25, -0.2) is 0 Å². The van der Waals surface area contributed by atoms with E-state index in [1.54, 1.807) is 6.92 Å². The van der Waals surface area contributed by atoms with E-state index in [1.807, 2.05) is 74.4 Å². The van der Waals surface area contributed by atoms with Crippen molar-refractivity contribution in [1.82, 2.24) is 0 Å². The van der Waals surface area contributed by atoms with Crippen molar-refractivity contribution >= 4 is 17.7 Å². The number of ether oxygens (including phenoxy) is 5. The summed E-state index contributed by atoms with van der Waals surface area (Å²) >= 11 is 0. The zero-order valence-corrected chi connectivity index (χ0v) is 30.8. The van der Waals surface area contributed by atoms with Crippen LogP contribution in [0.15, 0.2) is 24.3 Å². The SMILES string of the molecule is C.CCC(C)(C)C(=O)OCC1CO1.CCC(C)(C)C(=O)OCCN.CCC(C)=N.CCOC(C)Oc1ccc(C(C)CC)cc1.O.O. The highest BCUT2D eigenvalue weighted by atomic mass is 16.7. The Morgan fingerprint density at radius 3 is 1.72 bits per heavy atom. The summed E-state index contributed by atoms with van der Waals surface area (Å²) in [7, 11) is 0. The van der Waals surface area contributed by atoms with E-state index in [-0.39, 0.29) is 53.5 Å². The Balaban J connectivity index is -0.000000172. The summed E-state index contributed by atoms with van der Waals surface area (Å²) in [6.45, 7) is 26.1. The number of hydrogen-bond donors (Lipinski definition) is 2. The summed E-state index contributed by atoms with van der Waals surface area (Å²) in [5.74, 6) is 1.19. The number of esters is 2. The fourth-order valence-corrected chi connectivity index (χ4v) is 2.73. The lowest BCUT2D eigenvalue weighted by atomic mass is 9.91. The third-order valence-electron chi connectivity index (χ3n) is 7.32. The highest BCUT2D eigenvalue weighted by molar-refractivity contribution is 5.78. The maximum absolute atomic E-state index is 11.4. The van der Waals surface area contributed by atoms with Crippen LogP contribution in [0.25, 0.3) is 0 Å². The molecule has 3 unspecified atom stereocenters. The molecule has 1 aromatic rings. The number of carbonyl (C=O) groups is 2. The average Bonchev–Trinajstić information content (AvgIpc) is 3.84. The van der Waals surface area contributed by atoms with Crippen LogP contribution in [0.5, 0.6) is 5.75 Å². The highest BCUT2D eigenvalue weighted by Crippen LogP contribution is 2.23. The van der Waals surface area contributed by atoms with Gasteiger partial charge in [-0.15, -0.1) is 0 Å². The number of nitrogens with two attached hydrogens (primary N) is 1. The van der Waals surface area contributed by atoms with Crippen LogP contribution in [0.4, 0.5) is 0 Å². The molecule has 1 aromatic carbocycles. The Labute approximate surface area is 286 Å². The Kier molecular flexibility index (Phi) is 33.9. The minimum atomic E-state index is -0.366. The molecule has 280 valence electrons. The third kappa shape index (κ3) is 27.1. The molecule has 0 aromatic heterocycles. The van der Waals surface area contributed by atoms with Gasteiger partial charge in [-0.1, -0.05) is 54.2 Å². The van der Waals surface area contributed by atoms with Crippen LogP contribution in [0.1, 0.15) is 128 Å². The Bertz CT molecular complexity index is 918. The molecule has 7 N–H and O–H groups in total. The first-order valence-corrected chi connectivity index (χ1v) is 16.1. The molecular formula is C36H72N2O9.